The summed E-state index contributed by atoms with van der Waals surface area (Å²) in [6.07, 6.45) is 3.61. The summed E-state index contributed by atoms with van der Waals surface area (Å²) >= 11 is 1.70. The first-order chi connectivity index (χ1) is 7.72. The summed E-state index contributed by atoms with van der Waals surface area (Å²) in [6, 6.07) is 5.20. The molecule has 1 heterocycles. The van der Waals surface area contributed by atoms with Crippen LogP contribution in [-0.4, -0.2) is 21.6 Å². The fourth-order valence-corrected chi connectivity index (χ4v) is 1.90. The highest BCUT2D eigenvalue weighted by Crippen LogP contribution is 2.10. The number of hydrogen-bond donors (Lipinski definition) is 1. The third kappa shape index (κ3) is 2.04. The van der Waals surface area contributed by atoms with Crippen LogP contribution in [0.4, 0.5) is 5.69 Å². The van der Waals surface area contributed by atoms with Crippen molar-refractivity contribution >= 4 is 28.4 Å². The molecule has 0 saturated carbocycles. The average Bonchev–Trinajstić information content (AvgIpc) is 2.29. The number of benzene rings is 1. The number of rotatable bonds is 3. The van der Waals surface area contributed by atoms with Gasteiger partial charge >= 0.3 is 0 Å². The van der Waals surface area contributed by atoms with Gasteiger partial charge < -0.3 is 5.73 Å². The van der Waals surface area contributed by atoms with Gasteiger partial charge in [0, 0.05) is 18.0 Å². The molecule has 0 radical (unpaired) electrons. The molecule has 84 valence electrons. The SMILES string of the molecule is CSCCn1cnc2ccc(N)cc2c1=O. The number of fused-ring (bicyclic) bond motifs is 1. The topological polar surface area (TPSA) is 60.9 Å². The van der Waals surface area contributed by atoms with E-state index in [0.29, 0.717) is 23.1 Å². The molecular weight excluding hydrogens is 222 g/mol. The fourth-order valence-electron chi connectivity index (χ4n) is 1.53. The lowest BCUT2D eigenvalue weighted by molar-refractivity contribution is 0.725. The number of hydrogen-bond acceptors (Lipinski definition) is 4. The Kier molecular flexibility index (Phi) is 3.14. The van der Waals surface area contributed by atoms with Gasteiger partial charge in [0.2, 0.25) is 0 Å². The summed E-state index contributed by atoms with van der Waals surface area (Å²) in [5.74, 6) is 0.898. The molecule has 0 aliphatic carbocycles. The van der Waals surface area contributed by atoms with E-state index in [1.807, 2.05) is 6.26 Å². The molecule has 2 aromatic rings. The van der Waals surface area contributed by atoms with Crippen molar-refractivity contribution in [1.29, 1.82) is 0 Å². The smallest absolute Gasteiger partial charge is 0.261 e. The minimum absolute atomic E-state index is 0.0219. The van der Waals surface area contributed by atoms with Crippen molar-refractivity contribution in [3.8, 4) is 0 Å². The number of anilines is 1. The normalized spacial score (nSPS) is 10.8. The van der Waals surface area contributed by atoms with Crippen molar-refractivity contribution in [1.82, 2.24) is 9.55 Å². The Hall–Kier alpha value is -1.49. The van der Waals surface area contributed by atoms with E-state index in [1.165, 1.54) is 0 Å². The third-order valence-electron chi connectivity index (χ3n) is 2.38. The molecule has 5 heteroatoms. The molecule has 2 N–H and O–H groups in total. The Morgan fingerprint density at radius 2 is 2.31 bits per heavy atom. The van der Waals surface area contributed by atoms with E-state index in [4.69, 9.17) is 5.73 Å². The van der Waals surface area contributed by atoms with Crippen LogP contribution < -0.4 is 11.3 Å². The monoisotopic (exact) mass is 235 g/mol. The van der Waals surface area contributed by atoms with Gasteiger partial charge in [0.1, 0.15) is 0 Å². The predicted molar refractivity (Wildman–Crippen MR) is 68.8 cm³/mol. The van der Waals surface area contributed by atoms with Crippen LogP contribution in [0.15, 0.2) is 29.3 Å². The maximum Gasteiger partial charge on any atom is 0.261 e. The number of aromatic nitrogens is 2. The van der Waals surface area contributed by atoms with E-state index in [-0.39, 0.29) is 5.56 Å². The van der Waals surface area contributed by atoms with E-state index in [1.54, 1.807) is 40.9 Å². The van der Waals surface area contributed by atoms with Crippen molar-refractivity contribution in [2.75, 3.05) is 17.7 Å². The molecule has 0 aliphatic rings. The van der Waals surface area contributed by atoms with E-state index >= 15 is 0 Å². The molecule has 4 nitrogen and oxygen atoms in total. The van der Waals surface area contributed by atoms with Gasteiger partial charge in [-0.15, -0.1) is 0 Å². The van der Waals surface area contributed by atoms with Crippen LogP contribution in [0.1, 0.15) is 0 Å². The molecule has 0 saturated heterocycles. The molecule has 0 amide bonds. The first kappa shape index (κ1) is 11.0. The lowest BCUT2D eigenvalue weighted by Gasteiger charge is -2.05. The second kappa shape index (κ2) is 4.57. The van der Waals surface area contributed by atoms with Crippen molar-refractivity contribution < 1.29 is 0 Å². The molecule has 1 aromatic heterocycles. The van der Waals surface area contributed by atoms with Crippen molar-refractivity contribution in [3.63, 3.8) is 0 Å². The van der Waals surface area contributed by atoms with Crippen molar-refractivity contribution in [2.45, 2.75) is 6.54 Å². The second-order valence-electron chi connectivity index (χ2n) is 3.51. The zero-order chi connectivity index (χ0) is 11.5. The van der Waals surface area contributed by atoms with E-state index in [2.05, 4.69) is 4.98 Å². The Labute approximate surface area is 97.5 Å². The number of nitrogens with two attached hydrogens (primary N) is 1. The largest absolute Gasteiger partial charge is 0.399 e. The molecule has 0 fully saturated rings. The Morgan fingerprint density at radius 3 is 3.06 bits per heavy atom. The molecule has 0 atom stereocenters. The molecule has 0 unspecified atom stereocenters. The highest BCUT2D eigenvalue weighted by atomic mass is 32.2. The van der Waals surface area contributed by atoms with Crippen LogP contribution in [0, 0.1) is 0 Å². The van der Waals surface area contributed by atoms with Gasteiger partial charge in [0.05, 0.1) is 17.2 Å². The van der Waals surface area contributed by atoms with Crippen LogP contribution in [0.2, 0.25) is 0 Å². The Balaban J connectivity index is 2.55. The standard InChI is InChI=1S/C11H13N3OS/c1-16-5-4-14-7-13-10-3-2-8(12)6-9(10)11(14)15/h2-3,6-7H,4-5,12H2,1H3. The van der Waals surface area contributed by atoms with Gasteiger partial charge in [0.25, 0.3) is 5.56 Å². The molecule has 2 rings (SSSR count). The van der Waals surface area contributed by atoms with Gasteiger partial charge in [-0.1, -0.05) is 0 Å². The van der Waals surface area contributed by atoms with Crippen LogP contribution in [-0.2, 0) is 6.54 Å². The molecule has 1 aromatic carbocycles. The molecule has 0 bridgehead atoms. The quantitative estimate of drug-likeness (QED) is 0.816. The molecule has 0 aliphatic heterocycles. The summed E-state index contributed by atoms with van der Waals surface area (Å²) < 4.78 is 1.62. The first-order valence-electron chi connectivity index (χ1n) is 4.96. The predicted octanol–water partition coefficient (Wildman–Crippen LogP) is 1.34. The van der Waals surface area contributed by atoms with E-state index in [9.17, 15) is 4.79 Å². The minimum Gasteiger partial charge on any atom is -0.399 e. The number of nitrogens with zero attached hydrogens (tertiary/aromatic N) is 2. The average molecular weight is 235 g/mol. The number of aryl methyl sites for hydroxylation is 1. The Morgan fingerprint density at radius 1 is 1.50 bits per heavy atom. The summed E-state index contributed by atoms with van der Waals surface area (Å²) in [4.78, 5) is 16.3. The van der Waals surface area contributed by atoms with Crippen LogP contribution in [0.5, 0.6) is 0 Å². The highest BCUT2D eigenvalue weighted by molar-refractivity contribution is 7.98. The maximum absolute atomic E-state index is 12.0. The van der Waals surface area contributed by atoms with Crippen molar-refractivity contribution in [2.24, 2.45) is 0 Å². The second-order valence-corrected chi connectivity index (χ2v) is 4.50. The summed E-state index contributed by atoms with van der Waals surface area (Å²) in [5.41, 5.74) is 6.93. The lowest BCUT2D eigenvalue weighted by Crippen LogP contribution is -2.21. The minimum atomic E-state index is -0.0219. The van der Waals surface area contributed by atoms with Gasteiger partial charge in [-0.25, -0.2) is 4.98 Å². The number of thioether (sulfide) groups is 1. The van der Waals surface area contributed by atoms with Gasteiger partial charge in [-0.2, -0.15) is 11.8 Å². The first-order valence-corrected chi connectivity index (χ1v) is 6.35. The molecular formula is C11H13N3OS. The molecule has 0 spiro atoms. The van der Waals surface area contributed by atoms with Crippen LogP contribution in [0.25, 0.3) is 10.9 Å². The zero-order valence-corrected chi connectivity index (χ0v) is 9.83. The Bertz CT molecular complexity index is 565. The van der Waals surface area contributed by atoms with Gasteiger partial charge in [-0.05, 0) is 24.5 Å². The fraction of sp³-hybridized carbons (Fsp3) is 0.273. The van der Waals surface area contributed by atoms with Gasteiger partial charge in [-0.3, -0.25) is 9.36 Å². The van der Waals surface area contributed by atoms with E-state index in [0.717, 1.165) is 5.75 Å². The highest BCUT2D eigenvalue weighted by Gasteiger charge is 2.03. The molecule has 16 heavy (non-hydrogen) atoms. The van der Waals surface area contributed by atoms with Gasteiger partial charge in [0.15, 0.2) is 0 Å². The lowest BCUT2D eigenvalue weighted by atomic mass is 10.2. The summed E-state index contributed by atoms with van der Waals surface area (Å²) in [5, 5.41) is 0.587. The summed E-state index contributed by atoms with van der Waals surface area (Å²) in [7, 11) is 0. The summed E-state index contributed by atoms with van der Waals surface area (Å²) in [6.45, 7) is 0.678. The zero-order valence-electron chi connectivity index (χ0n) is 9.01. The van der Waals surface area contributed by atoms with Crippen LogP contribution >= 0.6 is 11.8 Å². The van der Waals surface area contributed by atoms with Crippen LogP contribution in [0.3, 0.4) is 0 Å². The maximum atomic E-state index is 12.0. The number of nitrogen functional groups attached to an aromatic ring is 1. The van der Waals surface area contributed by atoms with Crippen molar-refractivity contribution in [3.05, 3.63) is 34.9 Å². The van der Waals surface area contributed by atoms with E-state index < -0.39 is 0 Å². The third-order valence-corrected chi connectivity index (χ3v) is 2.98.